The predicted octanol–water partition coefficient (Wildman–Crippen LogP) is 12.4. The van der Waals surface area contributed by atoms with Crippen molar-refractivity contribution in [2.75, 3.05) is 0 Å². The average Bonchev–Trinajstić information content (AvgIpc) is 3.60. The van der Waals surface area contributed by atoms with E-state index in [0.717, 1.165) is 83.3 Å². The number of pyridine rings is 1. The maximum Gasteiger partial charge on any atom is 0.162 e. The van der Waals surface area contributed by atoms with Gasteiger partial charge in [-0.15, -0.1) is 0 Å². The highest BCUT2D eigenvalue weighted by atomic mass is 16.3. The van der Waals surface area contributed by atoms with Gasteiger partial charge in [0.2, 0.25) is 0 Å². The van der Waals surface area contributed by atoms with E-state index in [4.69, 9.17) is 19.4 Å². The van der Waals surface area contributed by atoms with Crippen LogP contribution in [-0.2, 0) is 0 Å². The van der Waals surface area contributed by atoms with E-state index < -0.39 is 0 Å². The first-order valence-corrected chi connectivity index (χ1v) is 17.1. The van der Waals surface area contributed by atoms with Gasteiger partial charge in [-0.05, 0) is 52.2 Å². The summed E-state index contributed by atoms with van der Waals surface area (Å²) in [7, 11) is 0. The molecule has 0 bridgehead atoms. The maximum absolute atomic E-state index is 6.58. The van der Waals surface area contributed by atoms with Crippen molar-refractivity contribution in [3.63, 3.8) is 0 Å². The lowest BCUT2D eigenvalue weighted by atomic mass is 9.97. The SMILES string of the molecule is c1ccc(-c2cc(-c3ccc(-c4cccc(-c5nc6cc7ccccc7cc6c6c5oc5ccccc56)c4)cc3)nc(-c3ccccc3)n2)cc1. The summed E-state index contributed by atoms with van der Waals surface area (Å²) in [5, 5.41) is 5.64. The molecule has 10 rings (SSSR count). The van der Waals surface area contributed by atoms with Crippen molar-refractivity contribution in [1.29, 1.82) is 0 Å². The topological polar surface area (TPSA) is 51.8 Å². The van der Waals surface area contributed by atoms with Gasteiger partial charge in [0.25, 0.3) is 0 Å². The molecular formula is C47H29N3O. The molecule has 4 nitrogen and oxygen atoms in total. The summed E-state index contributed by atoms with van der Waals surface area (Å²) in [5.41, 5.74) is 11.5. The third kappa shape index (κ3) is 5.13. The van der Waals surface area contributed by atoms with E-state index in [1.54, 1.807) is 0 Å². The van der Waals surface area contributed by atoms with E-state index in [9.17, 15) is 0 Å². The highest BCUT2D eigenvalue weighted by molar-refractivity contribution is 6.22. The Bertz CT molecular complexity index is 2840. The summed E-state index contributed by atoms with van der Waals surface area (Å²) in [4.78, 5) is 15.2. The largest absolute Gasteiger partial charge is 0.454 e. The molecule has 0 fully saturated rings. The fraction of sp³-hybridized carbons (Fsp3) is 0. The molecule has 0 unspecified atom stereocenters. The lowest BCUT2D eigenvalue weighted by Gasteiger charge is -2.11. The Labute approximate surface area is 294 Å². The molecule has 10 aromatic rings. The molecule has 0 aliphatic heterocycles. The number of hydrogen-bond acceptors (Lipinski definition) is 4. The highest BCUT2D eigenvalue weighted by Gasteiger charge is 2.19. The molecule has 238 valence electrons. The molecule has 51 heavy (non-hydrogen) atoms. The fourth-order valence-corrected chi connectivity index (χ4v) is 7.12. The number of para-hydroxylation sites is 1. The second-order valence-corrected chi connectivity index (χ2v) is 12.8. The lowest BCUT2D eigenvalue weighted by molar-refractivity contribution is 0.669. The number of fused-ring (bicyclic) bond motifs is 6. The van der Waals surface area contributed by atoms with Gasteiger partial charge >= 0.3 is 0 Å². The van der Waals surface area contributed by atoms with Crippen LogP contribution in [0.3, 0.4) is 0 Å². The van der Waals surface area contributed by atoms with Gasteiger partial charge in [-0.1, -0.05) is 146 Å². The molecule has 0 N–H and O–H groups in total. The van der Waals surface area contributed by atoms with Crippen molar-refractivity contribution in [2.45, 2.75) is 0 Å². The molecule has 0 aliphatic rings. The zero-order valence-corrected chi connectivity index (χ0v) is 27.5. The molecular weight excluding hydrogens is 623 g/mol. The minimum atomic E-state index is 0.705. The van der Waals surface area contributed by atoms with Crippen molar-refractivity contribution >= 4 is 43.6 Å². The number of rotatable bonds is 5. The molecule has 7 aromatic carbocycles. The van der Waals surface area contributed by atoms with Crippen molar-refractivity contribution in [2.24, 2.45) is 0 Å². The zero-order valence-electron chi connectivity index (χ0n) is 27.5. The van der Waals surface area contributed by atoms with Gasteiger partial charge in [-0.25, -0.2) is 15.0 Å². The van der Waals surface area contributed by atoms with E-state index in [0.29, 0.717) is 5.82 Å². The summed E-state index contributed by atoms with van der Waals surface area (Å²) >= 11 is 0. The maximum atomic E-state index is 6.58. The van der Waals surface area contributed by atoms with Crippen molar-refractivity contribution in [3.8, 4) is 56.3 Å². The highest BCUT2D eigenvalue weighted by Crippen LogP contribution is 2.41. The Balaban J connectivity index is 1.07. The molecule has 3 aromatic heterocycles. The summed E-state index contributed by atoms with van der Waals surface area (Å²) in [6.07, 6.45) is 0. The van der Waals surface area contributed by atoms with E-state index in [-0.39, 0.29) is 0 Å². The van der Waals surface area contributed by atoms with E-state index in [1.807, 2.05) is 48.5 Å². The zero-order chi connectivity index (χ0) is 33.7. The number of furan rings is 1. The van der Waals surface area contributed by atoms with E-state index >= 15 is 0 Å². The predicted molar refractivity (Wildman–Crippen MR) is 209 cm³/mol. The van der Waals surface area contributed by atoms with Gasteiger partial charge in [0.05, 0.1) is 16.9 Å². The Morgan fingerprint density at radius 1 is 0.373 bits per heavy atom. The van der Waals surface area contributed by atoms with Gasteiger partial charge in [-0.3, -0.25) is 0 Å². The molecule has 0 amide bonds. The molecule has 3 heterocycles. The Hall–Kier alpha value is -6.91. The van der Waals surface area contributed by atoms with Crippen LogP contribution in [0.2, 0.25) is 0 Å². The van der Waals surface area contributed by atoms with Crippen LogP contribution >= 0.6 is 0 Å². The van der Waals surface area contributed by atoms with Gasteiger partial charge < -0.3 is 4.42 Å². The number of hydrogen-bond donors (Lipinski definition) is 0. The average molecular weight is 652 g/mol. The summed E-state index contributed by atoms with van der Waals surface area (Å²) in [6, 6.07) is 60.8. The van der Waals surface area contributed by atoms with Crippen LogP contribution in [0.1, 0.15) is 0 Å². The van der Waals surface area contributed by atoms with Crippen molar-refractivity contribution < 1.29 is 4.42 Å². The van der Waals surface area contributed by atoms with Crippen LogP contribution in [0.25, 0.3) is 99.9 Å². The summed E-state index contributed by atoms with van der Waals surface area (Å²) in [5.74, 6) is 0.705. The Morgan fingerprint density at radius 3 is 1.73 bits per heavy atom. The van der Waals surface area contributed by atoms with Crippen LogP contribution in [-0.4, -0.2) is 15.0 Å². The van der Waals surface area contributed by atoms with Gasteiger partial charge in [-0.2, -0.15) is 0 Å². The van der Waals surface area contributed by atoms with Crippen LogP contribution in [0, 0.1) is 0 Å². The van der Waals surface area contributed by atoms with Gasteiger partial charge in [0.1, 0.15) is 11.3 Å². The molecule has 0 aliphatic carbocycles. The van der Waals surface area contributed by atoms with Crippen molar-refractivity contribution in [3.05, 3.63) is 176 Å². The van der Waals surface area contributed by atoms with Crippen molar-refractivity contribution in [1.82, 2.24) is 15.0 Å². The normalized spacial score (nSPS) is 11.5. The molecule has 0 spiro atoms. The van der Waals surface area contributed by atoms with E-state index in [1.165, 1.54) is 10.8 Å². The molecule has 0 radical (unpaired) electrons. The first-order valence-electron chi connectivity index (χ1n) is 17.1. The third-order valence-corrected chi connectivity index (χ3v) is 9.65. The summed E-state index contributed by atoms with van der Waals surface area (Å²) in [6.45, 7) is 0. The fourth-order valence-electron chi connectivity index (χ4n) is 7.12. The quantitative estimate of drug-likeness (QED) is 0.174. The first kappa shape index (κ1) is 29.0. The lowest BCUT2D eigenvalue weighted by Crippen LogP contribution is -1.95. The number of benzene rings is 7. The van der Waals surface area contributed by atoms with Crippen LogP contribution in [0.5, 0.6) is 0 Å². The minimum absolute atomic E-state index is 0.705. The second-order valence-electron chi connectivity index (χ2n) is 12.8. The standard InChI is InChI=1S/C47H29N3O/c1-3-12-31(13-4-1)40-29-41(50-47(49-40)33-14-5-2-6-15-33)32-24-22-30(23-25-32)34-18-11-19-37(26-34)45-46-44(38-20-9-10-21-43(38)51-46)39-27-35-16-7-8-17-36(35)28-42(39)48-45/h1-29H. The van der Waals surface area contributed by atoms with E-state index in [2.05, 4.69) is 127 Å². The Morgan fingerprint density at radius 2 is 0.961 bits per heavy atom. The smallest absolute Gasteiger partial charge is 0.162 e. The number of nitrogens with zero attached hydrogens (tertiary/aromatic N) is 3. The van der Waals surface area contributed by atoms with Gasteiger partial charge in [0, 0.05) is 38.4 Å². The molecule has 0 atom stereocenters. The summed E-state index contributed by atoms with van der Waals surface area (Å²) < 4.78 is 6.58. The molecule has 4 heteroatoms. The molecule has 0 saturated heterocycles. The minimum Gasteiger partial charge on any atom is -0.454 e. The van der Waals surface area contributed by atoms with Crippen LogP contribution in [0.15, 0.2) is 180 Å². The monoisotopic (exact) mass is 651 g/mol. The van der Waals surface area contributed by atoms with Crippen LogP contribution in [0.4, 0.5) is 0 Å². The number of aromatic nitrogens is 3. The third-order valence-electron chi connectivity index (χ3n) is 9.65. The molecule has 0 saturated carbocycles. The Kier molecular flexibility index (Phi) is 6.78. The second kappa shape index (κ2) is 11.9. The first-order chi connectivity index (χ1) is 25.2. The van der Waals surface area contributed by atoms with Gasteiger partial charge in [0.15, 0.2) is 11.4 Å². The van der Waals surface area contributed by atoms with Crippen LogP contribution < -0.4 is 0 Å².